The number of imidazole rings is 1. The molecule has 1 aromatic carbocycles. The Labute approximate surface area is 173 Å². The zero-order valence-electron chi connectivity index (χ0n) is 17.3. The predicted octanol–water partition coefficient (Wildman–Crippen LogP) is 1.16. The Morgan fingerprint density at radius 1 is 1.23 bits per heavy atom. The van der Waals surface area contributed by atoms with Crippen LogP contribution in [0, 0.1) is 6.92 Å². The summed E-state index contributed by atoms with van der Waals surface area (Å²) >= 11 is 0. The van der Waals surface area contributed by atoms with Gasteiger partial charge in [0.25, 0.3) is 5.56 Å². The number of aliphatic hydroxyl groups excluding tert-OH is 1. The number of benzene rings is 1. The highest BCUT2D eigenvalue weighted by Crippen LogP contribution is 2.23. The third-order valence-electron chi connectivity index (χ3n) is 5.45. The summed E-state index contributed by atoms with van der Waals surface area (Å²) in [5, 5.41) is 10.7. The molecule has 0 amide bonds. The molecule has 3 aromatic rings. The number of fused-ring (bicyclic) bond motifs is 1. The summed E-state index contributed by atoms with van der Waals surface area (Å²) in [4.78, 5) is 33.7. The minimum absolute atomic E-state index is 0.0756. The van der Waals surface area contributed by atoms with Crippen molar-refractivity contribution in [2.24, 2.45) is 7.05 Å². The van der Waals surface area contributed by atoms with Gasteiger partial charge in [-0.3, -0.25) is 14.3 Å². The third kappa shape index (κ3) is 3.97. The van der Waals surface area contributed by atoms with Gasteiger partial charge < -0.3 is 19.3 Å². The largest absolute Gasteiger partial charge is 0.491 e. The predicted molar refractivity (Wildman–Crippen MR) is 114 cm³/mol. The number of piperidine rings is 1. The molecule has 1 fully saturated rings. The number of aromatic amines is 1. The van der Waals surface area contributed by atoms with E-state index in [1.54, 1.807) is 11.6 Å². The fourth-order valence-electron chi connectivity index (χ4n) is 3.89. The van der Waals surface area contributed by atoms with E-state index in [4.69, 9.17) is 4.74 Å². The second-order valence-electron chi connectivity index (χ2n) is 7.84. The first-order chi connectivity index (χ1) is 14.4. The molecule has 1 atom stereocenters. The standard InChI is InChI=1S/C21H27N5O4/c1-14-7-6-8-16(11-14)30-13-15(27)12-26-17-18(24(2)21(29)23-19(17)28)22-20(26)25-9-4-3-5-10-25/h6-8,11,15,27H,3-5,9-10,12-13H2,1-2H3,(H,23,28,29)/t15-/m1/s1. The van der Waals surface area contributed by atoms with Gasteiger partial charge >= 0.3 is 5.69 Å². The highest BCUT2D eigenvalue weighted by Gasteiger charge is 2.24. The normalized spacial score (nSPS) is 15.5. The monoisotopic (exact) mass is 413 g/mol. The zero-order chi connectivity index (χ0) is 21.3. The highest BCUT2D eigenvalue weighted by atomic mass is 16.5. The van der Waals surface area contributed by atoms with Crippen molar-refractivity contribution in [1.82, 2.24) is 19.1 Å². The van der Waals surface area contributed by atoms with E-state index in [0.29, 0.717) is 17.3 Å². The maximum Gasteiger partial charge on any atom is 0.329 e. The average molecular weight is 413 g/mol. The Kier molecular flexibility index (Phi) is 5.63. The summed E-state index contributed by atoms with van der Waals surface area (Å²) in [5.74, 6) is 1.28. The molecule has 30 heavy (non-hydrogen) atoms. The van der Waals surface area contributed by atoms with Crippen molar-refractivity contribution in [2.75, 3.05) is 24.6 Å². The van der Waals surface area contributed by atoms with Gasteiger partial charge in [0, 0.05) is 20.1 Å². The maximum absolute atomic E-state index is 12.6. The van der Waals surface area contributed by atoms with Crippen LogP contribution in [-0.4, -0.2) is 50.0 Å². The molecule has 3 heterocycles. The molecule has 0 saturated carbocycles. The van der Waals surface area contributed by atoms with E-state index in [1.165, 1.54) is 4.57 Å². The Bertz CT molecular complexity index is 1160. The van der Waals surface area contributed by atoms with Crippen LogP contribution in [0.15, 0.2) is 33.9 Å². The number of ether oxygens (including phenoxy) is 1. The molecule has 2 aromatic heterocycles. The third-order valence-corrected chi connectivity index (χ3v) is 5.45. The van der Waals surface area contributed by atoms with Crippen LogP contribution in [0.5, 0.6) is 5.75 Å². The molecule has 0 unspecified atom stereocenters. The molecule has 0 radical (unpaired) electrons. The zero-order valence-corrected chi connectivity index (χ0v) is 17.3. The number of anilines is 1. The van der Waals surface area contributed by atoms with Gasteiger partial charge in [0.1, 0.15) is 18.5 Å². The summed E-state index contributed by atoms with van der Waals surface area (Å²) < 4.78 is 8.77. The SMILES string of the molecule is Cc1cccc(OC[C@H](O)Cn2c(N3CCCCC3)nc3c2c(=O)[nH]c(=O)n3C)c1. The number of nitrogens with zero attached hydrogens (tertiary/aromatic N) is 4. The van der Waals surface area contributed by atoms with Crippen LogP contribution in [0.2, 0.25) is 0 Å². The van der Waals surface area contributed by atoms with Crippen molar-refractivity contribution >= 4 is 17.1 Å². The van der Waals surface area contributed by atoms with E-state index in [1.807, 2.05) is 31.2 Å². The summed E-state index contributed by atoms with van der Waals surface area (Å²) in [6.07, 6.45) is 2.38. The van der Waals surface area contributed by atoms with E-state index < -0.39 is 17.4 Å². The Hall–Kier alpha value is -3.07. The van der Waals surface area contributed by atoms with E-state index >= 15 is 0 Å². The first-order valence-electron chi connectivity index (χ1n) is 10.3. The van der Waals surface area contributed by atoms with E-state index in [2.05, 4.69) is 14.9 Å². The quantitative estimate of drug-likeness (QED) is 0.628. The van der Waals surface area contributed by atoms with Gasteiger partial charge in [0.05, 0.1) is 6.54 Å². The van der Waals surface area contributed by atoms with Crippen molar-refractivity contribution < 1.29 is 9.84 Å². The molecular formula is C21H27N5O4. The van der Waals surface area contributed by atoms with Gasteiger partial charge in [-0.05, 0) is 43.9 Å². The van der Waals surface area contributed by atoms with Crippen molar-refractivity contribution in [3.8, 4) is 5.75 Å². The minimum Gasteiger partial charge on any atom is -0.491 e. The van der Waals surface area contributed by atoms with Gasteiger partial charge in [0.2, 0.25) is 5.95 Å². The molecule has 9 heteroatoms. The summed E-state index contributed by atoms with van der Waals surface area (Å²) in [6.45, 7) is 3.83. The summed E-state index contributed by atoms with van der Waals surface area (Å²) in [6, 6.07) is 7.61. The summed E-state index contributed by atoms with van der Waals surface area (Å²) in [5.41, 5.74) is 0.659. The molecule has 9 nitrogen and oxygen atoms in total. The second kappa shape index (κ2) is 8.35. The van der Waals surface area contributed by atoms with Crippen molar-refractivity contribution in [3.63, 3.8) is 0 Å². The van der Waals surface area contributed by atoms with Crippen LogP contribution < -0.4 is 20.9 Å². The number of aryl methyl sites for hydroxylation is 2. The first-order valence-corrected chi connectivity index (χ1v) is 10.3. The molecule has 160 valence electrons. The van der Waals surface area contributed by atoms with Gasteiger partial charge in [-0.25, -0.2) is 4.79 Å². The molecule has 1 aliphatic heterocycles. The Morgan fingerprint density at radius 2 is 2.00 bits per heavy atom. The smallest absolute Gasteiger partial charge is 0.329 e. The highest BCUT2D eigenvalue weighted by molar-refractivity contribution is 5.74. The van der Waals surface area contributed by atoms with Gasteiger partial charge in [-0.15, -0.1) is 0 Å². The van der Waals surface area contributed by atoms with Gasteiger partial charge in [-0.2, -0.15) is 4.98 Å². The molecule has 0 aliphatic carbocycles. The Morgan fingerprint density at radius 3 is 2.73 bits per heavy atom. The van der Waals surface area contributed by atoms with Crippen LogP contribution in [0.4, 0.5) is 5.95 Å². The lowest BCUT2D eigenvalue weighted by Crippen LogP contribution is -2.34. The number of aromatic nitrogens is 4. The van der Waals surface area contributed by atoms with Crippen LogP contribution in [0.3, 0.4) is 0 Å². The molecule has 2 N–H and O–H groups in total. The van der Waals surface area contributed by atoms with Gasteiger partial charge in [0.15, 0.2) is 11.2 Å². The molecule has 4 rings (SSSR count). The van der Waals surface area contributed by atoms with Crippen molar-refractivity contribution in [2.45, 2.75) is 38.8 Å². The first kappa shape index (κ1) is 20.2. The Balaban J connectivity index is 1.66. The molecular weight excluding hydrogens is 386 g/mol. The van der Waals surface area contributed by atoms with E-state index in [-0.39, 0.29) is 18.7 Å². The number of aliphatic hydroxyl groups is 1. The second-order valence-corrected chi connectivity index (χ2v) is 7.84. The number of hydrogen-bond donors (Lipinski definition) is 2. The van der Waals surface area contributed by atoms with Crippen molar-refractivity contribution in [1.29, 1.82) is 0 Å². The lowest BCUT2D eigenvalue weighted by molar-refractivity contribution is 0.0936. The van der Waals surface area contributed by atoms with Crippen LogP contribution in [-0.2, 0) is 13.6 Å². The fraction of sp³-hybridized carbons (Fsp3) is 0.476. The average Bonchev–Trinajstić information content (AvgIpc) is 3.11. The van der Waals surface area contributed by atoms with Crippen LogP contribution in [0.1, 0.15) is 24.8 Å². The lowest BCUT2D eigenvalue weighted by atomic mass is 10.1. The van der Waals surface area contributed by atoms with E-state index in [9.17, 15) is 14.7 Å². The van der Waals surface area contributed by atoms with Crippen LogP contribution >= 0.6 is 0 Å². The fourth-order valence-corrected chi connectivity index (χ4v) is 3.89. The number of H-pyrrole nitrogens is 1. The molecule has 0 bridgehead atoms. The van der Waals surface area contributed by atoms with Gasteiger partial charge in [-0.1, -0.05) is 12.1 Å². The molecule has 1 saturated heterocycles. The molecule has 0 spiro atoms. The number of rotatable bonds is 6. The number of nitrogens with one attached hydrogen (secondary N) is 1. The minimum atomic E-state index is -0.858. The van der Waals surface area contributed by atoms with Crippen LogP contribution in [0.25, 0.3) is 11.2 Å². The topological polar surface area (TPSA) is 105 Å². The lowest BCUT2D eigenvalue weighted by Gasteiger charge is -2.28. The molecule has 1 aliphatic rings. The maximum atomic E-state index is 12.6. The van der Waals surface area contributed by atoms with E-state index in [0.717, 1.165) is 37.9 Å². The number of hydrogen-bond acceptors (Lipinski definition) is 6. The van der Waals surface area contributed by atoms with Crippen molar-refractivity contribution in [3.05, 3.63) is 50.7 Å². The summed E-state index contributed by atoms with van der Waals surface area (Å²) in [7, 11) is 1.58.